The summed E-state index contributed by atoms with van der Waals surface area (Å²) in [4.78, 5) is 14.7. The van der Waals surface area contributed by atoms with Crippen molar-refractivity contribution in [1.29, 1.82) is 0 Å². The molecule has 1 aliphatic rings. The Balaban J connectivity index is 1.67. The van der Waals surface area contributed by atoms with Crippen molar-refractivity contribution in [2.45, 2.75) is 44.4 Å². The Morgan fingerprint density at radius 2 is 1.88 bits per heavy atom. The smallest absolute Gasteiger partial charge is 0.255 e. The van der Waals surface area contributed by atoms with Gasteiger partial charge in [-0.25, -0.2) is 4.39 Å². The minimum atomic E-state index is -0.243. The summed E-state index contributed by atoms with van der Waals surface area (Å²) in [5, 5.41) is -0.238. The minimum absolute atomic E-state index is 0.0132. The zero-order valence-electron chi connectivity index (χ0n) is 15.3. The van der Waals surface area contributed by atoms with E-state index < -0.39 is 0 Å². The highest BCUT2D eigenvalue weighted by Gasteiger charge is 2.32. The Morgan fingerprint density at radius 3 is 2.62 bits per heavy atom. The Morgan fingerprint density at radius 1 is 1.12 bits per heavy atom. The van der Waals surface area contributed by atoms with Crippen LogP contribution in [-0.2, 0) is 6.42 Å². The molecule has 2 nitrogen and oxygen atoms in total. The highest BCUT2D eigenvalue weighted by Crippen LogP contribution is 2.39. The van der Waals surface area contributed by atoms with E-state index in [1.54, 1.807) is 28.8 Å². The van der Waals surface area contributed by atoms with E-state index in [-0.39, 0.29) is 17.1 Å². The molecule has 1 atom stereocenters. The number of hydrogen-bond acceptors (Lipinski definition) is 2. The van der Waals surface area contributed by atoms with Crippen molar-refractivity contribution in [1.82, 2.24) is 4.90 Å². The summed E-state index contributed by atoms with van der Waals surface area (Å²) in [5.74, 6) is 0.577. The molecule has 26 heavy (non-hydrogen) atoms. The number of rotatable bonds is 7. The third-order valence-corrected chi connectivity index (χ3v) is 6.09. The van der Waals surface area contributed by atoms with Gasteiger partial charge in [-0.1, -0.05) is 56.5 Å². The third kappa shape index (κ3) is 4.47. The van der Waals surface area contributed by atoms with Crippen LogP contribution in [0.1, 0.15) is 59.5 Å². The van der Waals surface area contributed by atoms with Crippen molar-refractivity contribution in [3.63, 3.8) is 0 Å². The van der Waals surface area contributed by atoms with Gasteiger partial charge in [-0.2, -0.15) is 0 Å². The van der Waals surface area contributed by atoms with Crippen molar-refractivity contribution in [3.8, 4) is 0 Å². The Bertz CT molecular complexity index is 731. The maximum absolute atomic E-state index is 14.2. The van der Waals surface area contributed by atoms with Gasteiger partial charge in [0.15, 0.2) is 0 Å². The molecule has 2 aromatic rings. The highest BCUT2D eigenvalue weighted by atomic mass is 32.2. The summed E-state index contributed by atoms with van der Waals surface area (Å²) in [6, 6.07) is 14.7. The number of carbonyl (C=O) groups excluding carboxylic acids is 1. The Labute approximate surface area is 159 Å². The molecule has 0 aromatic heterocycles. The molecule has 1 saturated heterocycles. The van der Waals surface area contributed by atoms with E-state index in [2.05, 4.69) is 19.1 Å². The van der Waals surface area contributed by atoms with Crippen LogP contribution in [-0.4, -0.2) is 23.1 Å². The van der Waals surface area contributed by atoms with Gasteiger partial charge in [0, 0.05) is 23.4 Å². The van der Waals surface area contributed by atoms with Crippen LogP contribution in [0.2, 0.25) is 0 Å². The molecule has 1 aliphatic heterocycles. The van der Waals surface area contributed by atoms with Crippen molar-refractivity contribution in [3.05, 3.63) is 71.0 Å². The van der Waals surface area contributed by atoms with Crippen LogP contribution < -0.4 is 0 Å². The zero-order valence-corrected chi connectivity index (χ0v) is 16.1. The predicted octanol–water partition coefficient (Wildman–Crippen LogP) is 5.84. The lowest BCUT2D eigenvalue weighted by atomic mass is 10.0. The van der Waals surface area contributed by atoms with E-state index >= 15 is 0 Å². The Kier molecular flexibility index (Phi) is 6.73. The number of carbonyl (C=O) groups is 1. The monoisotopic (exact) mass is 371 g/mol. The van der Waals surface area contributed by atoms with Gasteiger partial charge < -0.3 is 4.90 Å². The Hall–Kier alpha value is -1.81. The summed E-state index contributed by atoms with van der Waals surface area (Å²) in [5.41, 5.74) is 2.56. The normalized spacial score (nSPS) is 16.8. The molecular formula is C22H26FNOS. The fourth-order valence-corrected chi connectivity index (χ4v) is 4.62. The lowest BCUT2D eigenvalue weighted by Crippen LogP contribution is -2.30. The van der Waals surface area contributed by atoms with E-state index in [1.807, 2.05) is 18.2 Å². The molecule has 0 N–H and O–H groups in total. The quantitative estimate of drug-likeness (QED) is 0.570. The van der Waals surface area contributed by atoms with E-state index in [0.29, 0.717) is 17.7 Å². The third-order valence-electron chi connectivity index (χ3n) is 4.84. The van der Waals surface area contributed by atoms with Crippen LogP contribution in [0.4, 0.5) is 4.39 Å². The van der Waals surface area contributed by atoms with Gasteiger partial charge in [0.25, 0.3) is 5.91 Å². The second kappa shape index (κ2) is 9.22. The van der Waals surface area contributed by atoms with Gasteiger partial charge in [0.1, 0.15) is 11.2 Å². The number of benzene rings is 2. The fraction of sp³-hybridized carbons (Fsp3) is 0.409. The fourth-order valence-electron chi connectivity index (χ4n) is 3.35. The number of unbranched alkanes of at least 4 members (excludes halogenated alkanes) is 3. The summed E-state index contributed by atoms with van der Waals surface area (Å²) in [6.45, 7) is 2.87. The van der Waals surface area contributed by atoms with Crippen LogP contribution in [0, 0.1) is 5.82 Å². The van der Waals surface area contributed by atoms with Gasteiger partial charge in [0.05, 0.1) is 0 Å². The molecule has 138 valence electrons. The first-order valence-electron chi connectivity index (χ1n) is 9.46. The topological polar surface area (TPSA) is 20.3 Å². The first kappa shape index (κ1) is 19.0. The average molecular weight is 372 g/mol. The van der Waals surface area contributed by atoms with E-state index in [4.69, 9.17) is 0 Å². The zero-order chi connectivity index (χ0) is 18.4. The number of nitrogens with zero attached hydrogens (tertiary/aromatic N) is 1. The van der Waals surface area contributed by atoms with Gasteiger partial charge >= 0.3 is 0 Å². The summed E-state index contributed by atoms with van der Waals surface area (Å²) in [7, 11) is 0. The summed E-state index contributed by atoms with van der Waals surface area (Å²) in [6.07, 6.45) is 6.03. The lowest BCUT2D eigenvalue weighted by molar-refractivity contribution is 0.0759. The molecule has 1 fully saturated rings. The largest absolute Gasteiger partial charge is 0.322 e. The molecule has 0 spiro atoms. The van der Waals surface area contributed by atoms with Crippen LogP contribution in [0.3, 0.4) is 0 Å². The molecule has 0 saturated carbocycles. The first-order chi connectivity index (χ1) is 12.7. The number of amides is 1. The van der Waals surface area contributed by atoms with Crippen LogP contribution in [0.15, 0.2) is 48.5 Å². The molecule has 2 aromatic carbocycles. The SMILES string of the molecule is CCCCCCc1ccc(C(=O)N2CCS[C@@H]2c2ccccc2F)cc1. The number of aryl methyl sites for hydroxylation is 1. The molecule has 0 radical (unpaired) electrons. The summed E-state index contributed by atoms with van der Waals surface area (Å²) >= 11 is 1.62. The molecule has 0 unspecified atom stereocenters. The second-order valence-electron chi connectivity index (χ2n) is 6.75. The molecule has 1 amide bonds. The van der Waals surface area contributed by atoms with Gasteiger partial charge in [-0.15, -0.1) is 11.8 Å². The maximum Gasteiger partial charge on any atom is 0.255 e. The van der Waals surface area contributed by atoms with Gasteiger partial charge in [-0.05, 0) is 36.6 Å². The number of hydrogen-bond donors (Lipinski definition) is 0. The molecule has 4 heteroatoms. The van der Waals surface area contributed by atoms with E-state index in [9.17, 15) is 9.18 Å². The number of thioether (sulfide) groups is 1. The molecule has 1 heterocycles. The summed E-state index contributed by atoms with van der Waals surface area (Å²) < 4.78 is 14.2. The highest BCUT2D eigenvalue weighted by molar-refractivity contribution is 7.99. The minimum Gasteiger partial charge on any atom is -0.322 e. The predicted molar refractivity (Wildman–Crippen MR) is 107 cm³/mol. The van der Waals surface area contributed by atoms with Crippen molar-refractivity contribution in [2.75, 3.05) is 12.3 Å². The van der Waals surface area contributed by atoms with Crippen molar-refractivity contribution in [2.24, 2.45) is 0 Å². The van der Waals surface area contributed by atoms with Gasteiger partial charge in [-0.3, -0.25) is 4.79 Å². The average Bonchev–Trinajstić information content (AvgIpc) is 3.15. The number of halogens is 1. The maximum atomic E-state index is 14.2. The van der Waals surface area contributed by atoms with Crippen LogP contribution in [0.25, 0.3) is 0 Å². The lowest BCUT2D eigenvalue weighted by Gasteiger charge is -2.24. The standard InChI is InChI=1S/C22H26FNOS/c1-2-3-4-5-8-17-11-13-18(14-12-17)21(25)24-15-16-26-22(24)19-9-6-7-10-20(19)23/h6-7,9-14,22H,2-5,8,15-16H2,1H3/t22-/m1/s1. The second-order valence-corrected chi connectivity index (χ2v) is 7.94. The van der Waals surface area contributed by atoms with Crippen molar-refractivity contribution < 1.29 is 9.18 Å². The molecule has 0 bridgehead atoms. The van der Waals surface area contributed by atoms with Gasteiger partial charge in [0.2, 0.25) is 0 Å². The first-order valence-corrected chi connectivity index (χ1v) is 10.5. The molecule has 0 aliphatic carbocycles. The van der Waals surface area contributed by atoms with E-state index in [1.165, 1.54) is 37.3 Å². The molecular weight excluding hydrogens is 345 g/mol. The van der Waals surface area contributed by atoms with Crippen LogP contribution >= 0.6 is 11.8 Å². The van der Waals surface area contributed by atoms with Crippen LogP contribution in [0.5, 0.6) is 0 Å². The molecule has 3 rings (SSSR count). The van der Waals surface area contributed by atoms with E-state index in [0.717, 1.165) is 12.2 Å². The van der Waals surface area contributed by atoms with Crippen molar-refractivity contribution >= 4 is 17.7 Å².